The Bertz CT molecular complexity index is 309. The third kappa shape index (κ3) is 2.56. The molecule has 82 valence electrons. The lowest BCUT2D eigenvalue weighted by atomic mass is 10.0. The number of nitrogens with zero attached hydrogens (tertiary/aromatic N) is 2. The van der Waals surface area contributed by atoms with Gasteiger partial charge in [-0.15, -0.1) is 0 Å². The Morgan fingerprint density at radius 2 is 2.27 bits per heavy atom. The highest BCUT2D eigenvalue weighted by Gasteiger charge is 2.35. The minimum Gasteiger partial charge on any atom is -0.369 e. The predicted molar refractivity (Wildman–Crippen MR) is 67.1 cm³/mol. The van der Waals surface area contributed by atoms with Crippen LogP contribution in [0.5, 0.6) is 0 Å². The number of allylic oxidation sites excluding steroid dienone is 1. The molecule has 0 aromatic heterocycles. The van der Waals surface area contributed by atoms with Crippen LogP contribution >= 0.6 is 12.2 Å². The zero-order valence-electron chi connectivity index (χ0n) is 9.18. The summed E-state index contributed by atoms with van der Waals surface area (Å²) in [6, 6.07) is 0.506. The second kappa shape index (κ2) is 4.31. The van der Waals surface area contributed by atoms with Gasteiger partial charge < -0.3 is 10.2 Å². The summed E-state index contributed by atoms with van der Waals surface area (Å²) >= 11 is 5.16. The van der Waals surface area contributed by atoms with Gasteiger partial charge in [-0.25, -0.2) is 4.99 Å². The van der Waals surface area contributed by atoms with E-state index in [1.54, 1.807) is 6.34 Å². The first kappa shape index (κ1) is 10.6. The van der Waals surface area contributed by atoms with E-state index in [0.29, 0.717) is 17.1 Å². The Morgan fingerprint density at radius 3 is 2.80 bits per heavy atom. The molecule has 1 N–H and O–H groups in total. The van der Waals surface area contributed by atoms with Crippen molar-refractivity contribution in [3.8, 4) is 0 Å². The van der Waals surface area contributed by atoms with Gasteiger partial charge in [0.15, 0.2) is 5.11 Å². The molecule has 0 unspecified atom stereocenters. The van der Waals surface area contributed by atoms with Gasteiger partial charge in [0.2, 0.25) is 0 Å². The van der Waals surface area contributed by atoms with Crippen molar-refractivity contribution in [2.24, 2.45) is 16.8 Å². The van der Waals surface area contributed by atoms with Crippen molar-refractivity contribution in [1.29, 1.82) is 0 Å². The van der Waals surface area contributed by atoms with Crippen molar-refractivity contribution in [2.75, 3.05) is 14.1 Å². The fourth-order valence-electron chi connectivity index (χ4n) is 2.31. The van der Waals surface area contributed by atoms with Gasteiger partial charge in [-0.1, -0.05) is 12.2 Å². The van der Waals surface area contributed by atoms with Gasteiger partial charge in [0.1, 0.15) is 0 Å². The van der Waals surface area contributed by atoms with E-state index in [1.165, 1.54) is 12.8 Å². The maximum Gasteiger partial charge on any atom is 0.194 e. The quantitative estimate of drug-likeness (QED) is 0.332. The molecular weight excluding hydrogens is 206 g/mol. The van der Waals surface area contributed by atoms with Crippen LogP contribution < -0.4 is 5.32 Å². The maximum atomic E-state index is 5.16. The molecular formula is C11H17N3S. The van der Waals surface area contributed by atoms with E-state index in [-0.39, 0.29) is 0 Å². The first-order valence-corrected chi connectivity index (χ1v) is 5.75. The van der Waals surface area contributed by atoms with Gasteiger partial charge in [-0.2, -0.15) is 0 Å². The Morgan fingerprint density at radius 1 is 1.47 bits per heavy atom. The number of thiocarbonyl (C=S) groups is 1. The van der Waals surface area contributed by atoms with Gasteiger partial charge in [-0.3, -0.25) is 0 Å². The summed E-state index contributed by atoms with van der Waals surface area (Å²) in [5.74, 6) is 1.44. The highest BCUT2D eigenvalue weighted by molar-refractivity contribution is 7.80. The normalized spacial score (nSPS) is 32.5. The smallest absolute Gasteiger partial charge is 0.194 e. The second-order valence-corrected chi connectivity index (χ2v) is 4.93. The molecule has 2 aliphatic rings. The van der Waals surface area contributed by atoms with Crippen LogP contribution in [0.15, 0.2) is 17.1 Å². The standard InChI is InChI=1S/C11H17N3S/c1-14(2)7-12-11(15)13-10-6-8-3-4-9(10)5-8/h3-4,7-10H,5-6H2,1-2H3,(H,13,15)/t8-,9+,10-/m0/s1. The molecule has 2 aliphatic carbocycles. The lowest BCUT2D eigenvalue weighted by molar-refractivity contribution is 0.525. The summed E-state index contributed by atoms with van der Waals surface area (Å²) in [5, 5.41) is 3.93. The first-order chi connectivity index (χ1) is 7.15. The Hall–Kier alpha value is -0.900. The molecule has 0 radical (unpaired) electrons. The van der Waals surface area contributed by atoms with E-state index in [1.807, 2.05) is 19.0 Å². The fourth-order valence-corrected chi connectivity index (χ4v) is 2.51. The minimum atomic E-state index is 0.506. The van der Waals surface area contributed by atoms with Crippen LogP contribution in [0.25, 0.3) is 0 Å². The zero-order chi connectivity index (χ0) is 10.8. The maximum absolute atomic E-state index is 5.16. The van der Waals surface area contributed by atoms with Gasteiger partial charge >= 0.3 is 0 Å². The van der Waals surface area contributed by atoms with Gasteiger partial charge in [-0.05, 0) is 36.9 Å². The molecule has 2 bridgehead atoms. The third-order valence-electron chi connectivity index (χ3n) is 2.99. The summed E-state index contributed by atoms with van der Waals surface area (Å²) in [6.45, 7) is 0. The van der Waals surface area contributed by atoms with Crippen molar-refractivity contribution in [3.05, 3.63) is 12.2 Å². The molecule has 0 aliphatic heterocycles. The van der Waals surface area contributed by atoms with Crippen molar-refractivity contribution in [2.45, 2.75) is 18.9 Å². The van der Waals surface area contributed by atoms with E-state index in [9.17, 15) is 0 Å². The van der Waals surface area contributed by atoms with Gasteiger partial charge in [0, 0.05) is 20.1 Å². The molecule has 0 amide bonds. The topological polar surface area (TPSA) is 27.6 Å². The molecule has 0 aromatic rings. The van der Waals surface area contributed by atoms with Gasteiger partial charge in [0.25, 0.3) is 0 Å². The molecule has 0 saturated heterocycles. The first-order valence-electron chi connectivity index (χ1n) is 5.34. The van der Waals surface area contributed by atoms with Crippen LogP contribution in [-0.2, 0) is 0 Å². The van der Waals surface area contributed by atoms with E-state index in [2.05, 4.69) is 22.5 Å². The largest absolute Gasteiger partial charge is 0.369 e. The SMILES string of the molecule is CN(C)C=NC(=S)N[C@H]1C[C@H]2C=C[C@@H]1C2. The van der Waals surface area contributed by atoms with Crippen LogP contribution in [0.4, 0.5) is 0 Å². The lowest BCUT2D eigenvalue weighted by Crippen LogP contribution is -2.36. The molecule has 0 aromatic carbocycles. The van der Waals surface area contributed by atoms with Gasteiger partial charge in [0.05, 0.1) is 6.34 Å². The molecule has 4 heteroatoms. The summed E-state index contributed by atoms with van der Waals surface area (Å²) in [6.07, 6.45) is 8.87. The molecule has 0 heterocycles. The number of rotatable bonds is 2. The van der Waals surface area contributed by atoms with E-state index < -0.39 is 0 Å². The summed E-state index contributed by atoms with van der Waals surface area (Å²) < 4.78 is 0. The second-order valence-electron chi connectivity index (χ2n) is 4.54. The number of fused-ring (bicyclic) bond motifs is 2. The fraction of sp³-hybridized carbons (Fsp3) is 0.636. The van der Waals surface area contributed by atoms with Crippen LogP contribution in [0.1, 0.15) is 12.8 Å². The molecule has 1 fully saturated rings. The number of nitrogens with one attached hydrogen (secondary N) is 1. The molecule has 3 nitrogen and oxygen atoms in total. The summed E-state index contributed by atoms with van der Waals surface area (Å²) in [5.41, 5.74) is 0. The predicted octanol–water partition coefficient (Wildman–Crippen LogP) is 1.42. The Kier molecular flexibility index (Phi) is 3.05. The summed E-state index contributed by atoms with van der Waals surface area (Å²) in [4.78, 5) is 6.05. The monoisotopic (exact) mass is 223 g/mol. The zero-order valence-corrected chi connectivity index (χ0v) is 10.00. The molecule has 3 atom stereocenters. The van der Waals surface area contributed by atoms with Crippen LogP contribution in [0.2, 0.25) is 0 Å². The molecule has 15 heavy (non-hydrogen) atoms. The lowest BCUT2D eigenvalue weighted by Gasteiger charge is -2.19. The van der Waals surface area contributed by atoms with E-state index in [0.717, 1.165) is 5.92 Å². The Balaban J connectivity index is 1.83. The van der Waals surface area contributed by atoms with E-state index >= 15 is 0 Å². The highest BCUT2D eigenvalue weighted by atomic mass is 32.1. The number of hydrogen-bond acceptors (Lipinski definition) is 1. The molecule has 2 rings (SSSR count). The van der Waals surface area contributed by atoms with Crippen molar-refractivity contribution >= 4 is 23.7 Å². The van der Waals surface area contributed by atoms with Crippen molar-refractivity contribution in [3.63, 3.8) is 0 Å². The molecule has 0 spiro atoms. The average Bonchev–Trinajstić information content (AvgIpc) is 2.76. The van der Waals surface area contributed by atoms with Crippen LogP contribution in [-0.4, -0.2) is 36.5 Å². The highest BCUT2D eigenvalue weighted by Crippen LogP contribution is 2.38. The van der Waals surface area contributed by atoms with Crippen LogP contribution in [0, 0.1) is 11.8 Å². The van der Waals surface area contributed by atoms with Crippen molar-refractivity contribution < 1.29 is 0 Å². The average molecular weight is 223 g/mol. The number of hydrogen-bond donors (Lipinski definition) is 1. The number of aliphatic imine (C=N–C) groups is 1. The molecule has 1 saturated carbocycles. The van der Waals surface area contributed by atoms with Crippen LogP contribution in [0.3, 0.4) is 0 Å². The minimum absolute atomic E-state index is 0.506. The van der Waals surface area contributed by atoms with Crippen molar-refractivity contribution in [1.82, 2.24) is 10.2 Å². The summed E-state index contributed by atoms with van der Waals surface area (Å²) in [7, 11) is 3.87. The Labute approximate surface area is 96.3 Å². The van der Waals surface area contributed by atoms with E-state index in [4.69, 9.17) is 12.2 Å². The third-order valence-corrected chi connectivity index (χ3v) is 3.22.